The molecule has 0 amide bonds. The maximum Gasteiger partial charge on any atom is 0.459 e. The van der Waals surface area contributed by atoms with Gasteiger partial charge in [0.25, 0.3) is 0 Å². The zero-order valence-corrected chi connectivity index (χ0v) is 25.4. The minimum atomic E-state index is -4.24. The lowest BCUT2D eigenvalue weighted by molar-refractivity contribution is -0.143. The molecular weight excluding hydrogens is 579 g/mol. The van der Waals surface area contributed by atoms with Gasteiger partial charge in [0, 0.05) is 11.8 Å². The summed E-state index contributed by atoms with van der Waals surface area (Å²) in [5.74, 6) is -0.485. The summed E-state index contributed by atoms with van der Waals surface area (Å²) in [6, 6.07) is 11.8. The molecule has 14 nitrogen and oxygen atoms in total. The van der Waals surface area contributed by atoms with E-state index in [4.69, 9.17) is 29.0 Å². The van der Waals surface area contributed by atoms with Gasteiger partial charge in [0.05, 0.1) is 33.3 Å². The van der Waals surface area contributed by atoms with Crippen molar-refractivity contribution in [2.45, 2.75) is 51.2 Å². The summed E-state index contributed by atoms with van der Waals surface area (Å²) in [4.78, 5) is 25.2. The van der Waals surface area contributed by atoms with Crippen molar-refractivity contribution in [2.75, 3.05) is 26.6 Å². The van der Waals surface area contributed by atoms with Gasteiger partial charge >= 0.3 is 13.7 Å². The highest BCUT2D eigenvalue weighted by molar-refractivity contribution is 7.52. The molecule has 4 aromatic rings. The van der Waals surface area contributed by atoms with Crippen LogP contribution in [0.15, 0.2) is 48.8 Å². The van der Waals surface area contributed by atoms with Crippen molar-refractivity contribution in [1.29, 1.82) is 0 Å². The topological polar surface area (TPSA) is 182 Å². The molecule has 15 heteroatoms. The van der Waals surface area contributed by atoms with Crippen molar-refractivity contribution in [3.05, 3.63) is 48.8 Å². The van der Waals surface area contributed by atoms with Gasteiger partial charge in [0.1, 0.15) is 17.4 Å². The molecule has 0 saturated carbocycles. The maximum absolute atomic E-state index is 14.3. The van der Waals surface area contributed by atoms with E-state index in [1.807, 2.05) is 30.3 Å². The molecular formula is C28H35N6O8P. The second-order valence-corrected chi connectivity index (χ2v) is 12.5. The Kier molecular flexibility index (Phi) is 8.59. The first-order chi connectivity index (χ1) is 20.4. The van der Waals surface area contributed by atoms with Crippen molar-refractivity contribution in [3.63, 3.8) is 0 Å². The van der Waals surface area contributed by atoms with Crippen LogP contribution in [-0.2, 0) is 23.4 Å². The predicted octanol–water partition coefficient (Wildman–Crippen LogP) is 3.60. The minimum Gasteiger partial charge on any atom is -0.479 e. The number of carbonyl (C=O) groups excluding carboxylic acids is 1. The van der Waals surface area contributed by atoms with Crippen molar-refractivity contribution in [1.82, 2.24) is 24.6 Å². The Labute approximate surface area is 248 Å². The highest BCUT2D eigenvalue weighted by Crippen LogP contribution is 2.49. The number of carbonyl (C=O) groups is 1. The zero-order valence-electron chi connectivity index (χ0n) is 24.5. The van der Waals surface area contributed by atoms with Gasteiger partial charge in [-0.25, -0.2) is 9.55 Å². The fraction of sp³-hybridized carbons (Fsp3) is 0.429. The Bertz CT molecular complexity index is 1670. The lowest BCUT2D eigenvalue weighted by Gasteiger charge is -2.27. The number of rotatable bonds is 11. The van der Waals surface area contributed by atoms with Crippen LogP contribution in [0.4, 0.5) is 5.95 Å². The minimum absolute atomic E-state index is 0.0356. The van der Waals surface area contributed by atoms with E-state index in [0.717, 1.165) is 5.39 Å². The van der Waals surface area contributed by atoms with E-state index in [1.54, 1.807) is 32.9 Å². The average Bonchev–Trinajstić information content (AvgIpc) is 3.53. The molecule has 2 aromatic heterocycles. The Hall–Kier alpha value is -3.81. The molecule has 1 fully saturated rings. The Balaban J connectivity index is 1.41. The molecule has 5 unspecified atom stereocenters. The van der Waals surface area contributed by atoms with Gasteiger partial charge in [0.2, 0.25) is 11.8 Å². The standard InChI is InChI=1S/C28H35N6O8P/c1-16(2)21(25(35)39-5)33-43(37,42-20-12-8-10-17-9-6-7-11-19(17)20)40-14-18-13-28(3,36)26(41-18)34-15-30-22-23(34)31-27(29)32-24(22)38-4/h6-12,15-16,18,21,26,36H,13-14H2,1-5H3,(H,33,37)(H2,29,31,32). The lowest BCUT2D eigenvalue weighted by Crippen LogP contribution is -2.41. The number of esters is 1. The number of nitrogen functional groups attached to an aromatic ring is 1. The first-order valence-electron chi connectivity index (χ1n) is 13.6. The summed E-state index contributed by atoms with van der Waals surface area (Å²) in [6.07, 6.45) is -0.132. The fourth-order valence-corrected chi connectivity index (χ4v) is 6.77. The van der Waals surface area contributed by atoms with E-state index in [2.05, 4.69) is 20.0 Å². The molecule has 0 radical (unpaired) electrons. The number of hydrogen-bond donors (Lipinski definition) is 3. The molecule has 0 aliphatic carbocycles. The second kappa shape index (κ2) is 12.1. The van der Waals surface area contributed by atoms with Crippen LogP contribution in [0.3, 0.4) is 0 Å². The third-order valence-corrected chi connectivity index (χ3v) is 8.68. The third-order valence-electron chi connectivity index (χ3n) is 7.16. The highest BCUT2D eigenvalue weighted by Gasteiger charge is 2.47. The van der Waals surface area contributed by atoms with Crippen LogP contribution in [0.1, 0.15) is 33.4 Å². The van der Waals surface area contributed by atoms with Gasteiger partial charge in [-0.3, -0.25) is 13.9 Å². The molecule has 1 aliphatic rings. The molecule has 1 saturated heterocycles. The van der Waals surface area contributed by atoms with Gasteiger partial charge in [-0.05, 0) is 24.3 Å². The summed E-state index contributed by atoms with van der Waals surface area (Å²) in [7, 11) is -1.55. The fourth-order valence-electron chi connectivity index (χ4n) is 5.07. The van der Waals surface area contributed by atoms with Crippen LogP contribution in [0.2, 0.25) is 0 Å². The van der Waals surface area contributed by atoms with E-state index in [1.165, 1.54) is 25.1 Å². The van der Waals surface area contributed by atoms with Crippen molar-refractivity contribution in [3.8, 4) is 11.6 Å². The normalized spacial score (nSPS) is 22.5. The quantitative estimate of drug-likeness (QED) is 0.165. The Morgan fingerprint density at radius 2 is 1.98 bits per heavy atom. The van der Waals surface area contributed by atoms with Crippen LogP contribution < -0.4 is 20.1 Å². The van der Waals surface area contributed by atoms with Gasteiger partial charge in [-0.2, -0.15) is 15.1 Å². The number of nitrogens with zero attached hydrogens (tertiary/aromatic N) is 4. The summed E-state index contributed by atoms with van der Waals surface area (Å²) in [5.41, 5.74) is 5.10. The monoisotopic (exact) mass is 614 g/mol. The zero-order chi connectivity index (χ0) is 30.9. The lowest BCUT2D eigenvalue weighted by atomic mass is 10.0. The van der Waals surface area contributed by atoms with Crippen LogP contribution >= 0.6 is 7.75 Å². The summed E-state index contributed by atoms with van der Waals surface area (Å²) < 4.78 is 44.2. The van der Waals surface area contributed by atoms with Crippen molar-refractivity contribution in [2.24, 2.45) is 5.92 Å². The summed E-state index contributed by atoms with van der Waals surface area (Å²) >= 11 is 0. The van der Waals surface area contributed by atoms with Crippen LogP contribution in [-0.4, -0.2) is 69.2 Å². The number of hydrogen-bond acceptors (Lipinski definition) is 12. The van der Waals surface area contributed by atoms with Gasteiger partial charge in [-0.15, -0.1) is 0 Å². The van der Waals surface area contributed by atoms with E-state index in [0.29, 0.717) is 22.3 Å². The first kappa shape index (κ1) is 30.6. The molecule has 2 aromatic carbocycles. The second-order valence-electron chi connectivity index (χ2n) is 10.8. The largest absolute Gasteiger partial charge is 0.479 e. The van der Waals surface area contributed by atoms with Gasteiger partial charge in [0.15, 0.2) is 17.4 Å². The van der Waals surface area contributed by atoms with Crippen LogP contribution in [0, 0.1) is 5.92 Å². The van der Waals surface area contributed by atoms with Crippen molar-refractivity contribution >= 4 is 41.6 Å². The first-order valence-corrected chi connectivity index (χ1v) is 15.2. The van der Waals surface area contributed by atoms with Crippen molar-refractivity contribution < 1.29 is 37.7 Å². The van der Waals surface area contributed by atoms with E-state index < -0.39 is 37.7 Å². The van der Waals surface area contributed by atoms with E-state index >= 15 is 0 Å². The number of ether oxygens (including phenoxy) is 3. The molecule has 4 N–H and O–H groups in total. The Morgan fingerprint density at radius 3 is 2.70 bits per heavy atom. The summed E-state index contributed by atoms with van der Waals surface area (Å²) in [6.45, 7) is 4.90. The van der Waals surface area contributed by atoms with Gasteiger partial charge in [-0.1, -0.05) is 50.2 Å². The SMILES string of the molecule is COC(=O)C(NP(=O)(OCC1CC(C)(O)C(n2cnc3c(OC)nc(N)nc32)O1)Oc1cccc2ccccc12)C(C)C. The number of aromatic nitrogens is 4. The number of nitrogens with two attached hydrogens (primary N) is 1. The smallest absolute Gasteiger partial charge is 0.459 e. The van der Waals surface area contributed by atoms with Gasteiger partial charge < -0.3 is 29.6 Å². The molecule has 1 aliphatic heterocycles. The Morgan fingerprint density at radius 1 is 1.23 bits per heavy atom. The molecule has 0 spiro atoms. The van der Waals surface area contributed by atoms with E-state index in [-0.39, 0.29) is 30.8 Å². The third kappa shape index (κ3) is 6.29. The highest BCUT2D eigenvalue weighted by atomic mass is 31.2. The van der Waals surface area contributed by atoms with Crippen LogP contribution in [0.25, 0.3) is 21.9 Å². The number of aliphatic hydroxyl groups is 1. The van der Waals surface area contributed by atoms with E-state index in [9.17, 15) is 14.5 Å². The van der Waals surface area contributed by atoms with Crippen LogP contribution in [0.5, 0.6) is 11.6 Å². The number of fused-ring (bicyclic) bond motifs is 2. The predicted molar refractivity (Wildman–Crippen MR) is 157 cm³/mol. The average molecular weight is 615 g/mol. The summed E-state index contributed by atoms with van der Waals surface area (Å²) in [5, 5.41) is 15.7. The number of imidazole rings is 1. The molecule has 230 valence electrons. The molecule has 5 rings (SSSR count). The molecule has 5 atom stereocenters. The number of benzene rings is 2. The number of anilines is 1. The molecule has 43 heavy (non-hydrogen) atoms. The number of nitrogens with one attached hydrogen (secondary N) is 1. The number of methoxy groups -OCH3 is 2. The molecule has 0 bridgehead atoms. The molecule has 3 heterocycles. The maximum atomic E-state index is 14.3.